The molecule has 2 N–H and O–H groups in total. The Bertz CT molecular complexity index is 401. The van der Waals surface area contributed by atoms with E-state index in [2.05, 4.69) is 42.5 Å². The molecule has 0 aromatic heterocycles. The number of benzene rings is 1. The first kappa shape index (κ1) is 13.2. The fraction of sp³-hybridized carbons (Fsp3) is 0.267. The van der Waals surface area contributed by atoms with Gasteiger partial charge in [-0.25, -0.2) is 0 Å². The van der Waals surface area contributed by atoms with Crippen molar-refractivity contribution in [3.63, 3.8) is 0 Å². The Hall–Kier alpha value is -1.83. The van der Waals surface area contributed by atoms with E-state index < -0.39 is 0 Å². The molecule has 1 amide bonds. The first-order valence-corrected chi connectivity index (χ1v) is 5.90. The zero-order valence-corrected chi connectivity index (χ0v) is 10.2. The molecule has 0 heterocycles. The van der Waals surface area contributed by atoms with Crippen molar-refractivity contribution < 1.29 is 4.79 Å². The van der Waals surface area contributed by atoms with Crippen LogP contribution in [0.15, 0.2) is 36.4 Å². The highest BCUT2D eigenvalue weighted by Crippen LogP contribution is 2.08. The Morgan fingerprint density at radius 1 is 1.18 bits per heavy atom. The molecule has 1 rings (SSSR count). The van der Waals surface area contributed by atoms with Crippen LogP contribution in [0.2, 0.25) is 0 Å². The lowest BCUT2D eigenvalue weighted by atomic mass is 10.1. The van der Waals surface area contributed by atoms with Gasteiger partial charge in [-0.2, -0.15) is 0 Å². The van der Waals surface area contributed by atoms with E-state index in [1.807, 2.05) is 13.0 Å². The fourth-order valence-electron chi connectivity index (χ4n) is 1.52. The highest BCUT2D eigenvalue weighted by atomic mass is 16.1. The first-order chi connectivity index (χ1) is 8.22. The Labute approximate surface area is 103 Å². The van der Waals surface area contributed by atoms with E-state index in [1.165, 1.54) is 11.1 Å². The number of carbonyl (C=O) groups is 1. The topological polar surface area (TPSA) is 43.1 Å². The lowest BCUT2D eigenvalue weighted by Gasteiger charge is -1.96. The molecule has 17 heavy (non-hydrogen) atoms. The van der Waals surface area contributed by atoms with E-state index in [9.17, 15) is 4.79 Å². The largest absolute Gasteiger partial charge is 0.370 e. The van der Waals surface area contributed by atoms with Gasteiger partial charge in [-0.15, -0.1) is 0 Å². The highest BCUT2D eigenvalue weighted by Gasteiger charge is 1.91. The van der Waals surface area contributed by atoms with Gasteiger partial charge < -0.3 is 5.73 Å². The molecule has 0 fully saturated rings. The summed E-state index contributed by atoms with van der Waals surface area (Å²) in [5.74, 6) is -0.228. The number of nitrogens with two attached hydrogens (primary N) is 1. The molecule has 0 spiro atoms. The molecule has 0 radical (unpaired) electrons. The normalized spacial score (nSPS) is 11.4. The Morgan fingerprint density at radius 3 is 2.29 bits per heavy atom. The number of amides is 1. The molecule has 0 aliphatic carbocycles. The van der Waals surface area contributed by atoms with Gasteiger partial charge >= 0.3 is 0 Å². The quantitative estimate of drug-likeness (QED) is 0.746. The van der Waals surface area contributed by atoms with Crippen LogP contribution in [0.4, 0.5) is 0 Å². The summed E-state index contributed by atoms with van der Waals surface area (Å²) in [5, 5.41) is 0. The summed E-state index contributed by atoms with van der Waals surface area (Å²) in [7, 11) is 0. The maximum atomic E-state index is 10.5. The van der Waals surface area contributed by atoms with Gasteiger partial charge in [0.2, 0.25) is 5.91 Å². The minimum absolute atomic E-state index is 0.228. The number of hydrogen-bond donors (Lipinski definition) is 1. The lowest BCUT2D eigenvalue weighted by molar-refractivity contribution is -0.118. The molecule has 0 aliphatic rings. The fourth-order valence-corrected chi connectivity index (χ4v) is 1.52. The van der Waals surface area contributed by atoms with E-state index >= 15 is 0 Å². The molecular formula is C15H19NO. The summed E-state index contributed by atoms with van der Waals surface area (Å²) in [6.45, 7) is 2.01. The zero-order chi connectivity index (χ0) is 12.5. The van der Waals surface area contributed by atoms with Gasteiger partial charge in [-0.1, -0.05) is 48.6 Å². The summed E-state index contributed by atoms with van der Waals surface area (Å²) in [6, 6.07) is 8.34. The third kappa shape index (κ3) is 5.71. The van der Waals surface area contributed by atoms with Gasteiger partial charge in [0.05, 0.1) is 0 Å². The second kappa shape index (κ2) is 7.44. The third-order valence-electron chi connectivity index (χ3n) is 2.40. The summed E-state index contributed by atoms with van der Waals surface area (Å²) < 4.78 is 0. The second-order valence-corrected chi connectivity index (χ2v) is 3.93. The Kier molecular flexibility index (Phi) is 5.80. The summed E-state index contributed by atoms with van der Waals surface area (Å²) in [5.41, 5.74) is 7.45. The minimum atomic E-state index is -0.228. The standard InChI is InChI=1S/C15H19NO/c1-2-6-13-9-11-14(12-10-13)7-4-3-5-8-15(16)17/h2,4,6-7,9-12H,3,5,8H2,1H3,(H2,16,17)/b6-2+,7-4+. The molecule has 2 nitrogen and oxygen atoms in total. The number of rotatable bonds is 6. The number of unbranched alkanes of at least 4 members (excludes halogenated alkanes) is 1. The van der Waals surface area contributed by atoms with E-state index in [-0.39, 0.29) is 5.91 Å². The van der Waals surface area contributed by atoms with Crippen molar-refractivity contribution in [1.29, 1.82) is 0 Å². The number of primary amides is 1. The molecule has 90 valence electrons. The first-order valence-electron chi connectivity index (χ1n) is 5.90. The van der Waals surface area contributed by atoms with Crippen LogP contribution in [0.5, 0.6) is 0 Å². The molecular weight excluding hydrogens is 210 g/mol. The van der Waals surface area contributed by atoms with Crippen LogP contribution in [0.3, 0.4) is 0 Å². The Balaban J connectivity index is 2.40. The minimum Gasteiger partial charge on any atom is -0.370 e. The summed E-state index contributed by atoms with van der Waals surface area (Å²) in [6.07, 6.45) is 10.4. The average molecular weight is 229 g/mol. The molecule has 1 aromatic carbocycles. The van der Waals surface area contributed by atoms with Crippen molar-refractivity contribution in [2.24, 2.45) is 5.73 Å². The molecule has 0 atom stereocenters. The van der Waals surface area contributed by atoms with Crippen LogP contribution in [0, 0.1) is 0 Å². The predicted octanol–water partition coefficient (Wildman–Crippen LogP) is 3.39. The van der Waals surface area contributed by atoms with E-state index in [4.69, 9.17) is 5.73 Å². The number of carbonyl (C=O) groups excluding carboxylic acids is 1. The van der Waals surface area contributed by atoms with Gasteiger partial charge in [0.25, 0.3) is 0 Å². The summed E-state index contributed by atoms with van der Waals surface area (Å²) in [4.78, 5) is 10.5. The van der Waals surface area contributed by atoms with E-state index in [0.717, 1.165) is 12.8 Å². The van der Waals surface area contributed by atoms with Crippen molar-refractivity contribution in [2.75, 3.05) is 0 Å². The van der Waals surface area contributed by atoms with E-state index in [1.54, 1.807) is 0 Å². The third-order valence-corrected chi connectivity index (χ3v) is 2.40. The molecule has 2 heteroatoms. The SMILES string of the molecule is C/C=C/c1ccc(/C=C/CCCC(N)=O)cc1. The van der Waals surface area contributed by atoms with Crippen LogP contribution in [0.1, 0.15) is 37.3 Å². The second-order valence-electron chi connectivity index (χ2n) is 3.93. The maximum absolute atomic E-state index is 10.5. The number of hydrogen-bond acceptors (Lipinski definition) is 1. The smallest absolute Gasteiger partial charge is 0.217 e. The molecule has 0 saturated carbocycles. The van der Waals surface area contributed by atoms with Gasteiger partial charge in [-0.05, 0) is 30.9 Å². The zero-order valence-electron chi connectivity index (χ0n) is 10.2. The van der Waals surface area contributed by atoms with Crippen LogP contribution in [0.25, 0.3) is 12.2 Å². The van der Waals surface area contributed by atoms with Crippen molar-refractivity contribution in [3.05, 3.63) is 47.5 Å². The van der Waals surface area contributed by atoms with Crippen LogP contribution < -0.4 is 5.73 Å². The van der Waals surface area contributed by atoms with Gasteiger partial charge in [0.1, 0.15) is 0 Å². The van der Waals surface area contributed by atoms with Crippen LogP contribution in [-0.2, 0) is 4.79 Å². The van der Waals surface area contributed by atoms with E-state index in [0.29, 0.717) is 6.42 Å². The Morgan fingerprint density at radius 2 is 1.76 bits per heavy atom. The maximum Gasteiger partial charge on any atom is 0.217 e. The molecule has 1 aromatic rings. The van der Waals surface area contributed by atoms with Crippen molar-refractivity contribution in [2.45, 2.75) is 26.2 Å². The monoisotopic (exact) mass is 229 g/mol. The molecule has 0 unspecified atom stereocenters. The van der Waals surface area contributed by atoms with Gasteiger partial charge in [0, 0.05) is 6.42 Å². The predicted molar refractivity (Wildman–Crippen MR) is 73.2 cm³/mol. The number of allylic oxidation sites excluding steroid dienone is 2. The molecule has 0 bridgehead atoms. The van der Waals surface area contributed by atoms with Gasteiger partial charge in [-0.3, -0.25) is 4.79 Å². The lowest BCUT2D eigenvalue weighted by Crippen LogP contribution is -2.09. The highest BCUT2D eigenvalue weighted by molar-refractivity contribution is 5.73. The van der Waals surface area contributed by atoms with Crippen LogP contribution >= 0.6 is 0 Å². The van der Waals surface area contributed by atoms with Crippen molar-refractivity contribution in [1.82, 2.24) is 0 Å². The average Bonchev–Trinajstić information content (AvgIpc) is 2.31. The van der Waals surface area contributed by atoms with Gasteiger partial charge in [0.15, 0.2) is 0 Å². The van der Waals surface area contributed by atoms with Crippen molar-refractivity contribution >= 4 is 18.1 Å². The van der Waals surface area contributed by atoms with Crippen molar-refractivity contribution in [3.8, 4) is 0 Å². The molecule has 0 saturated heterocycles. The molecule has 0 aliphatic heterocycles. The summed E-state index contributed by atoms with van der Waals surface area (Å²) >= 11 is 0. The van der Waals surface area contributed by atoms with Crippen LogP contribution in [-0.4, -0.2) is 5.91 Å².